The van der Waals surface area contributed by atoms with Gasteiger partial charge in [0.25, 0.3) is 0 Å². The second-order valence-electron chi connectivity index (χ2n) is 6.01. The van der Waals surface area contributed by atoms with Gasteiger partial charge in [-0.15, -0.1) is 13.2 Å². The van der Waals surface area contributed by atoms with Gasteiger partial charge in [0.1, 0.15) is 11.3 Å². The number of amides is 2. The molecule has 0 bridgehead atoms. The van der Waals surface area contributed by atoms with Gasteiger partial charge in [-0.2, -0.15) is 0 Å². The molecule has 23 heavy (non-hydrogen) atoms. The van der Waals surface area contributed by atoms with Crippen LogP contribution >= 0.6 is 0 Å². The zero-order valence-electron chi connectivity index (χ0n) is 12.6. The lowest BCUT2D eigenvalue weighted by molar-refractivity contribution is -0.274. The minimum atomic E-state index is -4.79. The lowest BCUT2D eigenvalue weighted by Crippen LogP contribution is -2.53. The quantitative estimate of drug-likeness (QED) is 0.867. The smallest absolute Gasteiger partial charge is 0.405 e. The molecule has 0 aromatic heterocycles. The molecule has 5 nitrogen and oxygen atoms in total. The molecule has 1 aliphatic rings. The third-order valence-corrected chi connectivity index (χ3v) is 3.72. The molecule has 2 atom stereocenters. The lowest BCUT2D eigenvalue weighted by Gasteiger charge is -2.22. The molecule has 0 aliphatic heterocycles. The molecule has 0 heterocycles. The summed E-state index contributed by atoms with van der Waals surface area (Å²) in [7, 11) is 0. The van der Waals surface area contributed by atoms with Gasteiger partial charge in [-0.25, -0.2) is 0 Å². The van der Waals surface area contributed by atoms with Crippen molar-refractivity contribution in [1.29, 1.82) is 0 Å². The number of para-hydroxylation sites is 1. The van der Waals surface area contributed by atoms with Gasteiger partial charge in [-0.3, -0.25) is 9.59 Å². The number of rotatable bonds is 5. The van der Waals surface area contributed by atoms with Crippen LogP contribution in [0.4, 0.5) is 13.2 Å². The summed E-state index contributed by atoms with van der Waals surface area (Å²) in [5, 5.41) is 2.51. The Morgan fingerprint density at radius 1 is 1.26 bits per heavy atom. The van der Waals surface area contributed by atoms with Gasteiger partial charge in [-0.05, 0) is 37.8 Å². The van der Waals surface area contributed by atoms with E-state index in [1.54, 1.807) is 6.07 Å². The molecule has 1 fully saturated rings. The van der Waals surface area contributed by atoms with Crippen LogP contribution in [0, 0.1) is 5.92 Å². The first kappa shape index (κ1) is 17.1. The fourth-order valence-electron chi connectivity index (χ4n) is 2.30. The Kier molecular flexibility index (Phi) is 4.28. The topological polar surface area (TPSA) is 81.4 Å². The van der Waals surface area contributed by atoms with Gasteiger partial charge in [0.05, 0.1) is 0 Å². The first-order chi connectivity index (χ1) is 10.5. The highest BCUT2D eigenvalue weighted by atomic mass is 19.4. The van der Waals surface area contributed by atoms with Crippen LogP contribution in [0.1, 0.15) is 31.7 Å². The Morgan fingerprint density at radius 2 is 1.87 bits per heavy atom. The average Bonchev–Trinajstić information content (AvgIpc) is 3.17. The number of nitrogens with two attached hydrogens (primary N) is 1. The van der Waals surface area contributed by atoms with Crippen molar-refractivity contribution >= 4 is 11.8 Å². The highest BCUT2D eigenvalue weighted by molar-refractivity contribution is 5.91. The molecule has 1 aliphatic carbocycles. The van der Waals surface area contributed by atoms with E-state index in [0.717, 1.165) is 0 Å². The number of hydrogen-bond acceptors (Lipinski definition) is 3. The molecule has 2 amide bonds. The summed E-state index contributed by atoms with van der Waals surface area (Å²) in [4.78, 5) is 23.3. The summed E-state index contributed by atoms with van der Waals surface area (Å²) in [5.74, 6) is -2.30. The Labute approximate surface area is 131 Å². The van der Waals surface area contributed by atoms with Gasteiger partial charge in [-0.1, -0.05) is 18.2 Å². The Bertz CT molecular complexity index is 629. The molecule has 0 saturated heterocycles. The number of hydrogen-bond donors (Lipinski definition) is 2. The summed E-state index contributed by atoms with van der Waals surface area (Å²) >= 11 is 0. The monoisotopic (exact) mass is 330 g/mol. The number of carbonyl (C=O) groups is 2. The maximum Gasteiger partial charge on any atom is 0.573 e. The number of halogens is 3. The second kappa shape index (κ2) is 5.75. The number of ether oxygens (including phenoxy) is 1. The van der Waals surface area contributed by atoms with Gasteiger partial charge >= 0.3 is 6.36 Å². The van der Waals surface area contributed by atoms with Crippen molar-refractivity contribution < 1.29 is 27.5 Å². The predicted octanol–water partition coefficient (Wildman–Crippen LogP) is 2.07. The van der Waals surface area contributed by atoms with E-state index in [2.05, 4.69) is 10.1 Å². The van der Waals surface area contributed by atoms with E-state index < -0.39 is 29.6 Å². The lowest BCUT2D eigenvalue weighted by atomic mass is 10.0. The van der Waals surface area contributed by atoms with Crippen LogP contribution in [0.5, 0.6) is 5.75 Å². The molecule has 8 heteroatoms. The van der Waals surface area contributed by atoms with Crippen molar-refractivity contribution in [3.05, 3.63) is 29.8 Å². The van der Waals surface area contributed by atoms with E-state index in [4.69, 9.17) is 5.73 Å². The van der Waals surface area contributed by atoms with E-state index in [9.17, 15) is 22.8 Å². The Morgan fingerprint density at radius 3 is 2.43 bits per heavy atom. The molecule has 0 spiro atoms. The largest absolute Gasteiger partial charge is 0.573 e. The summed E-state index contributed by atoms with van der Waals surface area (Å²) in [6.07, 6.45) is -4.41. The Balaban J connectivity index is 2.09. The van der Waals surface area contributed by atoms with Crippen LogP contribution in [0.2, 0.25) is 0 Å². The molecule has 1 saturated carbocycles. The van der Waals surface area contributed by atoms with E-state index in [1.807, 2.05) is 0 Å². The third kappa shape index (κ3) is 4.14. The van der Waals surface area contributed by atoms with Crippen molar-refractivity contribution in [3.8, 4) is 5.75 Å². The van der Waals surface area contributed by atoms with Crippen molar-refractivity contribution in [2.24, 2.45) is 11.7 Å². The van der Waals surface area contributed by atoms with Crippen LogP contribution in [0.25, 0.3) is 0 Å². The molecule has 1 aromatic rings. The van der Waals surface area contributed by atoms with E-state index in [1.165, 1.54) is 32.0 Å². The molecule has 2 rings (SSSR count). The molecule has 3 N–H and O–H groups in total. The minimum Gasteiger partial charge on any atom is -0.405 e. The highest BCUT2D eigenvalue weighted by Gasteiger charge is 2.47. The van der Waals surface area contributed by atoms with Gasteiger partial charge < -0.3 is 15.8 Å². The van der Waals surface area contributed by atoms with Crippen LogP contribution < -0.4 is 15.8 Å². The van der Waals surface area contributed by atoms with Crippen LogP contribution in [0.3, 0.4) is 0 Å². The standard InChI is InChI=1S/C15H17F3N2O3/c1-14(2,13(19)22)20-12(21)10-7-9(10)8-5-3-4-6-11(8)23-15(16,17)18/h3-6,9-10H,7H2,1-2H3,(H2,19,22)(H,20,21)/t9-,10+/m0/s1. The normalized spacial score (nSPS) is 20.7. The zero-order valence-corrected chi connectivity index (χ0v) is 12.6. The molecule has 0 radical (unpaired) electrons. The highest BCUT2D eigenvalue weighted by Crippen LogP contribution is 2.51. The van der Waals surface area contributed by atoms with Crippen LogP contribution in [0.15, 0.2) is 24.3 Å². The zero-order chi connectivity index (χ0) is 17.4. The van der Waals surface area contributed by atoms with E-state index in [0.29, 0.717) is 12.0 Å². The average molecular weight is 330 g/mol. The van der Waals surface area contributed by atoms with Crippen molar-refractivity contribution in [1.82, 2.24) is 5.32 Å². The predicted molar refractivity (Wildman–Crippen MR) is 75.4 cm³/mol. The fraction of sp³-hybridized carbons (Fsp3) is 0.467. The maximum absolute atomic E-state index is 12.4. The maximum atomic E-state index is 12.4. The Hall–Kier alpha value is -2.25. The number of nitrogens with one attached hydrogen (secondary N) is 1. The number of benzene rings is 1. The van der Waals surface area contributed by atoms with Crippen molar-refractivity contribution in [2.45, 2.75) is 38.1 Å². The van der Waals surface area contributed by atoms with Gasteiger partial charge in [0.15, 0.2) is 0 Å². The van der Waals surface area contributed by atoms with Crippen molar-refractivity contribution in [2.75, 3.05) is 0 Å². The minimum absolute atomic E-state index is 0.311. The number of primary amides is 1. The van der Waals surface area contributed by atoms with E-state index >= 15 is 0 Å². The van der Waals surface area contributed by atoms with E-state index in [-0.39, 0.29) is 11.7 Å². The summed E-state index contributed by atoms with van der Waals surface area (Å²) in [6, 6.07) is 5.72. The number of carbonyl (C=O) groups excluding carboxylic acids is 2. The summed E-state index contributed by atoms with van der Waals surface area (Å²) < 4.78 is 41.3. The molecule has 0 unspecified atom stereocenters. The molecule has 1 aromatic carbocycles. The molecular formula is C15H17F3N2O3. The molecular weight excluding hydrogens is 313 g/mol. The van der Waals surface area contributed by atoms with Crippen LogP contribution in [-0.2, 0) is 9.59 Å². The number of alkyl halides is 3. The SMILES string of the molecule is CC(C)(NC(=O)[C@@H]1C[C@H]1c1ccccc1OC(F)(F)F)C(N)=O. The first-order valence-corrected chi connectivity index (χ1v) is 6.98. The second-order valence-corrected chi connectivity index (χ2v) is 6.01. The van der Waals surface area contributed by atoms with Crippen LogP contribution in [-0.4, -0.2) is 23.7 Å². The first-order valence-electron chi connectivity index (χ1n) is 6.98. The molecule has 126 valence electrons. The van der Waals surface area contributed by atoms with Crippen molar-refractivity contribution in [3.63, 3.8) is 0 Å². The summed E-state index contributed by atoms with van der Waals surface area (Å²) in [5.41, 5.74) is 4.28. The van der Waals surface area contributed by atoms with Gasteiger partial charge in [0, 0.05) is 5.92 Å². The van der Waals surface area contributed by atoms with Gasteiger partial charge in [0.2, 0.25) is 11.8 Å². The fourth-order valence-corrected chi connectivity index (χ4v) is 2.30. The third-order valence-electron chi connectivity index (χ3n) is 3.72. The summed E-state index contributed by atoms with van der Waals surface area (Å²) in [6.45, 7) is 2.93.